The Morgan fingerprint density at radius 1 is 1.00 bits per heavy atom. The van der Waals surface area contributed by atoms with Gasteiger partial charge in [-0.05, 0) is 42.5 Å². The number of aliphatic hydroxyl groups excluding tert-OH is 2. The molecule has 1 aromatic heterocycles. The van der Waals surface area contributed by atoms with Crippen LogP contribution in [-0.2, 0) is 0 Å². The second-order valence-corrected chi connectivity index (χ2v) is 7.05. The van der Waals surface area contributed by atoms with Crippen molar-refractivity contribution in [3.05, 3.63) is 106 Å². The van der Waals surface area contributed by atoms with Gasteiger partial charge in [0.15, 0.2) is 0 Å². The molecule has 0 spiro atoms. The van der Waals surface area contributed by atoms with Gasteiger partial charge in [0.1, 0.15) is 24.2 Å². The Morgan fingerprint density at radius 3 is 2.21 bits per heavy atom. The Kier molecular flexibility index (Phi) is 6.88. The first kappa shape index (κ1) is 20.9. The van der Waals surface area contributed by atoms with E-state index in [-0.39, 0.29) is 23.7 Å². The fourth-order valence-electron chi connectivity index (χ4n) is 2.68. The van der Waals surface area contributed by atoms with Gasteiger partial charge in [0, 0.05) is 33.6 Å². The van der Waals surface area contributed by atoms with Crippen LogP contribution in [0.15, 0.2) is 84.4 Å². The number of rotatable bonds is 7. The Morgan fingerprint density at radius 2 is 1.62 bits per heavy atom. The molecular weight excluding hydrogens is 411 g/mol. The van der Waals surface area contributed by atoms with Gasteiger partial charge in [-0.1, -0.05) is 41.4 Å². The molecule has 0 amide bonds. The molecule has 0 aliphatic rings. The van der Waals surface area contributed by atoms with Gasteiger partial charge in [0.25, 0.3) is 0 Å². The van der Waals surface area contributed by atoms with Gasteiger partial charge < -0.3 is 14.9 Å². The normalized spacial score (nSPS) is 12.8. The lowest BCUT2D eigenvalue weighted by Gasteiger charge is -2.19. The number of halogens is 2. The largest absolute Gasteiger partial charge is 0.508 e. The minimum Gasteiger partial charge on any atom is -0.508 e. The van der Waals surface area contributed by atoms with Crippen LogP contribution in [0.4, 0.5) is 0 Å². The van der Waals surface area contributed by atoms with E-state index in [2.05, 4.69) is 4.98 Å². The topological polar surface area (TPSA) is 86.4 Å². The monoisotopic (exact) mass is 428 g/mol. The van der Waals surface area contributed by atoms with Crippen LogP contribution in [0.2, 0.25) is 10.0 Å². The Labute approximate surface area is 178 Å². The van der Waals surface area contributed by atoms with Crippen molar-refractivity contribution in [2.24, 2.45) is 0 Å². The first-order valence-electron chi connectivity index (χ1n) is 8.69. The van der Waals surface area contributed by atoms with Gasteiger partial charge >= 0.3 is 0 Å². The van der Waals surface area contributed by atoms with Gasteiger partial charge in [-0.15, -0.1) is 0 Å². The van der Waals surface area contributed by atoms with Crippen LogP contribution in [0, 0.1) is 5.41 Å². The van der Waals surface area contributed by atoms with Crippen LogP contribution >= 0.6 is 23.2 Å². The molecular formula is C22H18Cl2N2O3. The predicted octanol–water partition coefficient (Wildman–Crippen LogP) is 5.38. The molecule has 3 N–H and O–H groups in total. The second kappa shape index (κ2) is 9.56. The van der Waals surface area contributed by atoms with Gasteiger partial charge in [-0.3, -0.25) is 10.4 Å². The summed E-state index contributed by atoms with van der Waals surface area (Å²) in [4.78, 5) is 4.00. The summed E-state index contributed by atoms with van der Waals surface area (Å²) in [7, 11) is 0. The van der Waals surface area contributed by atoms with E-state index in [1.54, 1.807) is 66.9 Å². The summed E-state index contributed by atoms with van der Waals surface area (Å²) < 4.78 is 5.58. The molecule has 1 unspecified atom stereocenters. The highest BCUT2D eigenvalue weighted by atomic mass is 35.5. The second-order valence-electron chi connectivity index (χ2n) is 6.17. The fourth-order valence-corrected chi connectivity index (χ4v) is 2.93. The van der Waals surface area contributed by atoms with Crippen LogP contribution in [0.3, 0.4) is 0 Å². The minimum absolute atomic E-state index is 0.0225. The fraction of sp³-hybridized carbons (Fsp3) is 0.0909. The molecule has 0 aliphatic heterocycles. The molecule has 0 bridgehead atoms. The Bertz CT molecular complexity index is 1000. The maximum Gasteiger partial charge on any atom is 0.145 e. The summed E-state index contributed by atoms with van der Waals surface area (Å²) in [6.07, 6.45) is 1.79. The van der Waals surface area contributed by atoms with E-state index in [4.69, 9.17) is 33.3 Å². The van der Waals surface area contributed by atoms with Crippen molar-refractivity contribution in [3.63, 3.8) is 0 Å². The number of hydrogen-bond donors (Lipinski definition) is 3. The smallest absolute Gasteiger partial charge is 0.145 e. The summed E-state index contributed by atoms with van der Waals surface area (Å²) in [5, 5.41) is 31.2. The molecule has 3 aromatic rings. The average molecular weight is 429 g/mol. The average Bonchev–Trinajstić information content (AvgIpc) is 2.74. The number of aliphatic hydroxyl groups is 2. The lowest BCUT2D eigenvalue weighted by Crippen LogP contribution is -2.18. The first-order chi connectivity index (χ1) is 14.0. The van der Waals surface area contributed by atoms with Crippen molar-refractivity contribution in [3.8, 4) is 5.75 Å². The maximum absolute atomic E-state index is 10.9. The molecule has 0 fully saturated rings. The van der Waals surface area contributed by atoms with Crippen LogP contribution < -0.4 is 4.74 Å². The van der Waals surface area contributed by atoms with Crippen molar-refractivity contribution in [2.45, 2.75) is 6.10 Å². The number of pyridine rings is 1. The summed E-state index contributed by atoms with van der Waals surface area (Å²) in [5.74, 6) is 0.227. The maximum atomic E-state index is 10.9. The number of aromatic nitrogens is 1. The molecule has 1 heterocycles. The minimum atomic E-state index is -1.26. The summed E-state index contributed by atoms with van der Waals surface area (Å²) >= 11 is 11.8. The number of nitrogens with zero attached hydrogens (tertiary/aromatic N) is 1. The van der Waals surface area contributed by atoms with Gasteiger partial charge in [0.2, 0.25) is 0 Å². The van der Waals surface area contributed by atoms with E-state index in [0.29, 0.717) is 26.9 Å². The van der Waals surface area contributed by atoms with Crippen molar-refractivity contribution in [2.75, 3.05) is 6.61 Å². The van der Waals surface area contributed by atoms with Crippen LogP contribution in [0.25, 0.3) is 0 Å². The third-order valence-electron chi connectivity index (χ3n) is 4.18. The van der Waals surface area contributed by atoms with Gasteiger partial charge in [0.05, 0.1) is 11.3 Å². The Balaban J connectivity index is 1.93. The van der Waals surface area contributed by atoms with E-state index < -0.39 is 6.10 Å². The highest BCUT2D eigenvalue weighted by Crippen LogP contribution is 2.27. The molecule has 3 rings (SSSR count). The summed E-state index contributed by atoms with van der Waals surface area (Å²) in [6, 6.07) is 16.6. The molecule has 7 heteroatoms. The van der Waals surface area contributed by atoms with E-state index in [1.807, 2.05) is 0 Å². The predicted molar refractivity (Wildman–Crippen MR) is 114 cm³/mol. The van der Waals surface area contributed by atoms with E-state index in [1.165, 1.54) is 6.20 Å². The molecule has 0 saturated carbocycles. The van der Waals surface area contributed by atoms with E-state index in [0.717, 1.165) is 0 Å². The third kappa shape index (κ3) is 5.35. The number of nitrogens with one attached hydrogen (secondary N) is 1. The quantitative estimate of drug-likeness (QED) is 0.348. The molecule has 5 nitrogen and oxygen atoms in total. The van der Waals surface area contributed by atoms with Crippen molar-refractivity contribution in [1.82, 2.24) is 4.98 Å². The molecule has 0 radical (unpaired) electrons. The highest BCUT2D eigenvalue weighted by Gasteiger charge is 2.24. The standard InChI is InChI=1S/C22H18Cl2N2O3/c23-16-5-3-14(4-6-16)21(25)20(22(28)15-2-1-11-26-12-15)19(27)13-29-18-9-7-17(24)8-10-18/h1-12,22,25,27-28H,13H2/b20-19+,25-21?. The molecule has 0 saturated heterocycles. The highest BCUT2D eigenvalue weighted by molar-refractivity contribution is 6.31. The third-order valence-corrected chi connectivity index (χ3v) is 4.68. The molecule has 1 atom stereocenters. The molecule has 29 heavy (non-hydrogen) atoms. The molecule has 148 valence electrons. The number of ether oxygens (including phenoxy) is 1. The van der Waals surface area contributed by atoms with Gasteiger partial charge in [-0.25, -0.2) is 0 Å². The molecule has 2 aromatic carbocycles. The number of benzene rings is 2. The van der Waals surface area contributed by atoms with Crippen LogP contribution in [-0.4, -0.2) is 27.5 Å². The van der Waals surface area contributed by atoms with E-state index >= 15 is 0 Å². The van der Waals surface area contributed by atoms with Crippen LogP contribution in [0.5, 0.6) is 5.75 Å². The van der Waals surface area contributed by atoms with E-state index in [9.17, 15) is 10.2 Å². The zero-order valence-electron chi connectivity index (χ0n) is 15.2. The van der Waals surface area contributed by atoms with Crippen molar-refractivity contribution in [1.29, 1.82) is 5.41 Å². The zero-order chi connectivity index (χ0) is 20.8. The first-order valence-corrected chi connectivity index (χ1v) is 9.44. The summed E-state index contributed by atoms with van der Waals surface area (Å²) in [5.41, 5.74) is 0.911. The van der Waals surface area contributed by atoms with Gasteiger partial charge in [-0.2, -0.15) is 0 Å². The zero-order valence-corrected chi connectivity index (χ0v) is 16.7. The number of hydrogen-bond acceptors (Lipinski definition) is 5. The SMILES string of the molecule is N=C(/C(=C(\O)COc1ccc(Cl)cc1)C(O)c1cccnc1)c1ccc(Cl)cc1. The lowest BCUT2D eigenvalue weighted by molar-refractivity contribution is 0.203. The van der Waals surface area contributed by atoms with Crippen molar-refractivity contribution >= 4 is 28.9 Å². The Hall–Kier alpha value is -2.86. The lowest BCUT2D eigenvalue weighted by atomic mass is 9.93. The van der Waals surface area contributed by atoms with Crippen molar-refractivity contribution < 1.29 is 14.9 Å². The van der Waals surface area contributed by atoms with Crippen LogP contribution in [0.1, 0.15) is 17.2 Å². The molecule has 0 aliphatic carbocycles. The summed E-state index contributed by atoms with van der Waals surface area (Å²) in [6.45, 7) is -0.232.